The number of carbonyl (C=O) groups excluding carboxylic acids is 2. The van der Waals surface area contributed by atoms with Crippen molar-refractivity contribution in [3.05, 3.63) is 48.0 Å². The number of benzene rings is 2. The van der Waals surface area contributed by atoms with E-state index in [4.69, 9.17) is 9.47 Å². The first-order chi connectivity index (χ1) is 14.1. The van der Waals surface area contributed by atoms with Crippen LogP contribution in [0.1, 0.15) is 31.2 Å². The molecule has 1 N–H and O–H groups in total. The van der Waals surface area contributed by atoms with Crippen molar-refractivity contribution in [2.75, 3.05) is 30.5 Å². The van der Waals surface area contributed by atoms with Crippen LogP contribution in [0.15, 0.2) is 42.5 Å². The molecule has 0 aromatic heterocycles. The SMILES string of the molecule is COc1cccc(OCC(=O)Nc2ccc3c(c2)CCN3C(=O)C2CCCC2)c1. The normalized spacial score (nSPS) is 15.8. The molecule has 152 valence electrons. The highest BCUT2D eigenvalue weighted by atomic mass is 16.5. The van der Waals surface area contributed by atoms with Crippen LogP contribution in [0.2, 0.25) is 0 Å². The highest BCUT2D eigenvalue weighted by Gasteiger charge is 2.31. The molecule has 2 aromatic carbocycles. The molecule has 2 aromatic rings. The van der Waals surface area contributed by atoms with E-state index >= 15 is 0 Å². The van der Waals surface area contributed by atoms with Crippen LogP contribution in [0.25, 0.3) is 0 Å². The van der Waals surface area contributed by atoms with Gasteiger partial charge < -0.3 is 19.7 Å². The first-order valence-electron chi connectivity index (χ1n) is 10.1. The minimum absolute atomic E-state index is 0.0868. The number of hydrogen-bond acceptors (Lipinski definition) is 4. The predicted octanol–water partition coefficient (Wildman–Crippen LogP) is 3.79. The quantitative estimate of drug-likeness (QED) is 0.809. The molecule has 0 atom stereocenters. The van der Waals surface area contributed by atoms with Crippen LogP contribution in [-0.4, -0.2) is 32.1 Å². The van der Waals surface area contributed by atoms with Crippen molar-refractivity contribution < 1.29 is 19.1 Å². The van der Waals surface area contributed by atoms with Crippen LogP contribution in [-0.2, 0) is 16.0 Å². The number of fused-ring (bicyclic) bond motifs is 1. The molecule has 1 aliphatic carbocycles. The van der Waals surface area contributed by atoms with Crippen molar-refractivity contribution in [3.63, 3.8) is 0 Å². The lowest BCUT2D eigenvalue weighted by atomic mass is 10.1. The molecule has 0 bridgehead atoms. The lowest BCUT2D eigenvalue weighted by molar-refractivity contribution is -0.122. The third kappa shape index (κ3) is 4.36. The number of methoxy groups -OCH3 is 1. The van der Waals surface area contributed by atoms with Gasteiger partial charge in [-0.15, -0.1) is 0 Å². The smallest absolute Gasteiger partial charge is 0.262 e. The Morgan fingerprint density at radius 1 is 1.10 bits per heavy atom. The third-order valence-electron chi connectivity index (χ3n) is 5.64. The Labute approximate surface area is 170 Å². The van der Waals surface area contributed by atoms with Gasteiger partial charge in [0.05, 0.1) is 7.11 Å². The molecule has 0 unspecified atom stereocenters. The van der Waals surface area contributed by atoms with Gasteiger partial charge in [0.25, 0.3) is 5.91 Å². The van der Waals surface area contributed by atoms with Gasteiger partial charge in [0.2, 0.25) is 5.91 Å². The van der Waals surface area contributed by atoms with Gasteiger partial charge in [-0.1, -0.05) is 18.9 Å². The van der Waals surface area contributed by atoms with Crippen molar-refractivity contribution in [3.8, 4) is 11.5 Å². The minimum Gasteiger partial charge on any atom is -0.497 e. The first kappa shape index (κ1) is 19.3. The molecule has 4 rings (SSSR count). The number of nitrogens with one attached hydrogen (secondary N) is 1. The Balaban J connectivity index is 1.35. The van der Waals surface area contributed by atoms with E-state index in [-0.39, 0.29) is 24.3 Å². The zero-order valence-electron chi connectivity index (χ0n) is 16.6. The Bertz CT molecular complexity index is 906. The molecule has 1 saturated carbocycles. The average Bonchev–Trinajstić information content (AvgIpc) is 3.42. The third-order valence-corrected chi connectivity index (χ3v) is 5.64. The summed E-state index contributed by atoms with van der Waals surface area (Å²) in [6.45, 7) is 0.636. The van der Waals surface area contributed by atoms with Gasteiger partial charge in [-0.05, 0) is 55.2 Å². The molecule has 0 saturated heterocycles. The van der Waals surface area contributed by atoms with E-state index in [2.05, 4.69) is 5.32 Å². The molecule has 2 aliphatic rings. The fourth-order valence-corrected chi connectivity index (χ4v) is 4.14. The second-order valence-electron chi connectivity index (χ2n) is 7.58. The summed E-state index contributed by atoms with van der Waals surface area (Å²) in [4.78, 5) is 26.9. The first-order valence-corrected chi connectivity index (χ1v) is 10.1. The van der Waals surface area contributed by atoms with Gasteiger partial charge in [-0.25, -0.2) is 0 Å². The summed E-state index contributed by atoms with van der Waals surface area (Å²) >= 11 is 0. The second-order valence-corrected chi connectivity index (χ2v) is 7.58. The Morgan fingerprint density at radius 2 is 1.90 bits per heavy atom. The lowest BCUT2D eigenvalue weighted by Crippen LogP contribution is -2.33. The van der Waals surface area contributed by atoms with Crippen LogP contribution in [0, 0.1) is 5.92 Å². The maximum atomic E-state index is 12.8. The number of amides is 2. The van der Waals surface area contributed by atoms with Crippen molar-refractivity contribution in [2.45, 2.75) is 32.1 Å². The van der Waals surface area contributed by atoms with Crippen LogP contribution < -0.4 is 19.7 Å². The summed E-state index contributed by atoms with van der Waals surface area (Å²) in [6, 6.07) is 12.9. The van der Waals surface area contributed by atoms with Crippen LogP contribution in [0.4, 0.5) is 11.4 Å². The molecule has 6 heteroatoms. The molecular weight excluding hydrogens is 368 g/mol. The average molecular weight is 394 g/mol. The van der Waals surface area contributed by atoms with Crippen molar-refractivity contribution >= 4 is 23.2 Å². The van der Waals surface area contributed by atoms with E-state index < -0.39 is 0 Å². The highest BCUT2D eigenvalue weighted by molar-refractivity contribution is 5.98. The Kier molecular flexibility index (Phi) is 5.69. The van der Waals surface area contributed by atoms with Gasteiger partial charge in [0, 0.05) is 29.9 Å². The van der Waals surface area contributed by atoms with E-state index in [9.17, 15) is 9.59 Å². The van der Waals surface area contributed by atoms with Crippen LogP contribution >= 0.6 is 0 Å². The zero-order valence-corrected chi connectivity index (χ0v) is 16.6. The van der Waals surface area contributed by atoms with E-state index in [0.29, 0.717) is 11.5 Å². The topological polar surface area (TPSA) is 67.9 Å². The molecule has 0 spiro atoms. The lowest BCUT2D eigenvalue weighted by Gasteiger charge is -2.21. The molecule has 1 fully saturated rings. The van der Waals surface area contributed by atoms with Gasteiger partial charge in [-0.3, -0.25) is 9.59 Å². The summed E-state index contributed by atoms with van der Waals surface area (Å²) in [5, 5.41) is 2.87. The Morgan fingerprint density at radius 3 is 2.69 bits per heavy atom. The zero-order chi connectivity index (χ0) is 20.2. The number of rotatable bonds is 6. The summed E-state index contributed by atoms with van der Waals surface area (Å²) < 4.78 is 10.7. The van der Waals surface area contributed by atoms with Crippen LogP contribution in [0.5, 0.6) is 11.5 Å². The molecule has 0 radical (unpaired) electrons. The van der Waals surface area contributed by atoms with E-state index in [1.807, 2.05) is 35.2 Å². The standard InChI is InChI=1S/C23H26N2O4/c1-28-19-7-4-8-20(14-19)29-15-22(26)24-18-9-10-21-17(13-18)11-12-25(21)23(27)16-5-2-3-6-16/h4,7-10,13-14,16H,2-3,5-6,11-12,15H2,1H3,(H,24,26). The van der Waals surface area contributed by atoms with E-state index in [1.54, 1.807) is 19.2 Å². The fraction of sp³-hybridized carbons (Fsp3) is 0.391. The Hall–Kier alpha value is -3.02. The molecule has 6 nitrogen and oxygen atoms in total. The maximum absolute atomic E-state index is 12.8. The predicted molar refractivity (Wildman–Crippen MR) is 112 cm³/mol. The molecule has 2 amide bonds. The summed E-state index contributed by atoms with van der Waals surface area (Å²) in [5.41, 5.74) is 2.80. The number of carbonyl (C=O) groups is 2. The molecular formula is C23H26N2O4. The van der Waals surface area contributed by atoms with Gasteiger partial charge in [-0.2, -0.15) is 0 Å². The number of hydrogen-bond donors (Lipinski definition) is 1. The molecule has 1 heterocycles. The number of anilines is 2. The minimum atomic E-state index is -0.232. The van der Waals surface area contributed by atoms with Gasteiger partial charge in [0.15, 0.2) is 6.61 Å². The highest BCUT2D eigenvalue weighted by Crippen LogP contribution is 2.34. The molecule has 1 aliphatic heterocycles. The summed E-state index contributed by atoms with van der Waals surface area (Å²) in [6.07, 6.45) is 5.13. The maximum Gasteiger partial charge on any atom is 0.262 e. The van der Waals surface area contributed by atoms with E-state index in [1.165, 1.54) is 0 Å². The van der Waals surface area contributed by atoms with Crippen molar-refractivity contribution in [1.29, 1.82) is 0 Å². The number of nitrogens with zero attached hydrogens (tertiary/aromatic N) is 1. The monoisotopic (exact) mass is 394 g/mol. The van der Waals surface area contributed by atoms with E-state index in [0.717, 1.165) is 55.6 Å². The largest absolute Gasteiger partial charge is 0.497 e. The summed E-state index contributed by atoms with van der Waals surface area (Å²) in [5.74, 6) is 1.45. The van der Waals surface area contributed by atoms with Gasteiger partial charge >= 0.3 is 0 Å². The second kappa shape index (κ2) is 8.55. The van der Waals surface area contributed by atoms with Gasteiger partial charge in [0.1, 0.15) is 11.5 Å². The van der Waals surface area contributed by atoms with Crippen molar-refractivity contribution in [1.82, 2.24) is 0 Å². The van der Waals surface area contributed by atoms with Crippen molar-refractivity contribution in [2.24, 2.45) is 5.92 Å². The van der Waals surface area contributed by atoms with Crippen LogP contribution in [0.3, 0.4) is 0 Å². The number of ether oxygens (including phenoxy) is 2. The fourth-order valence-electron chi connectivity index (χ4n) is 4.14. The molecule has 29 heavy (non-hydrogen) atoms. The summed E-state index contributed by atoms with van der Waals surface area (Å²) in [7, 11) is 1.59.